The van der Waals surface area contributed by atoms with Gasteiger partial charge in [-0.25, -0.2) is 13.1 Å². The van der Waals surface area contributed by atoms with Gasteiger partial charge in [-0.3, -0.25) is 0 Å². The smallest absolute Gasteiger partial charge is 0.241 e. The Morgan fingerprint density at radius 1 is 1.32 bits per heavy atom. The molecule has 1 aromatic carbocycles. The summed E-state index contributed by atoms with van der Waals surface area (Å²) in [5.74, 6) is 1.02. The van der Waals surface area contributed by atoms with E-state index in [0.29, 0.717) is 24.8 Å². The molecule has 5 nitrogen and oxygen atoms in total. The van der Waals surface area contributed by atoms with Crippen LogP contribution in [-0.2, 0) is 10.0 Å². The molecule has 0 radical (unpaired) electrons. The maximum absolute atomic E-state index is 12.5. The fourth-order valence-electron chi connectivity index (χ4n) is 2.31. The number of sulfonamides is 1. The predicted molar refractivity (Wildman–Crippen MR) is 90.0 cm³/mol. The highest BCUT2D eigenvalue weighted by atomic mass is 35.5. The normalized spacial score (nSPS) is 17.4. The zero-order valence-corrected chi connectivity index (χ0v) is 14.7. The molecule has 1 aromatic rings. The van der Waals surface area contributed by atoms with Crippen molar-refractivity contribution in [2.75, 3.05) is 13.2 Å². The Kier molecular flexibility index (Phi) is 6.67. The molecule has 126 valence electrons. The molecule has 1 unspecified atom stereocenters. The van der Waals surface area contributed by atoms with E-state index in [9.17, 15) is 8.42 Å². The van der Waals surface area contributed by atoms with Crippen LogP contribution in [0.2, 0.25) is 0 Å². The standard InChI is InChI=1S/C15H24N2O3S.ClH/c1-3-10-20-13-6-8-14(9-7-13)21(18,19)17-15(2,11-16)12-4-5-12;/h6-9,12,17H,3-5,10-11,16H2,1-2H3;1H. The average Bonchev–Trinajstić information content (AvgIpc) is 3.30. The molecule has 1 atom stereocenters. The van der Waals surface area contributed by atoms with Gasteiger partial charge in [-0.05, 0) is 56.4 Å². The lowest BCUT2D eigenvalue weighted by molar-refractivity contribution is 0.317. The summed E-state index contributed by atoms with van der Waals surface area (Å²) in [6, 6.07) is 6.50. The summed E-state index contributed by atoms with van der Waals surface area (Å²) >= 11 is 0. The third-order valence-electron chi connectivity index (χ3n) is 3.88. The van der Waals surface area contributed by atoms with E-state index >= 15 is 0 Å². The third-order valence-corrected chi connectivity index (χ3v) is 5.50. The number of halogens is 1. The summed E-state index contributed by atoms with van der Waals surface area (Å²) in [7, 11) is -3.56. The molecular formula is C15H25ClN2O3S. The van der Waals surface area contributed by atoms with Crippen molar-refractivity contribution >= 4 is 22.4 Å². The molecule has 0 aromatic heterocycles. The van der Waals surface area contributed by atoms with Gasteiger partial charge < -0.3 is 10.5 Å². The summed E-state index contributed by atoms with van der Waals surface area (Å²) in [6.07, 6.45) is 2.97. The average molecular weight is 349 g/mol. The number of ether oxygens (including phenoxy) is 1. The molecule has 0 heterocycles. The minimum Gasteiger partial charge on any atom is -0.494 e. The van der Waals surface area contributed by atoms with E-state index in [1.165, 1.54) is 0 Å². The predicted octanol–water partition coefficient (Wildman–Crippen LogP) is 2.30. The Hall–Kier alpha value is -0.820. The minimum atomic E-state index is -3.56. The van der Waals surface area contributed by atoms with Crippen LogP contribution in [0.3, 0.4) is 0 Å². The molecule has 0 bridgehead atoms. The van der Waals surface area contributed by atoms with Crippen LogP contribution in [0.15, 0.2) is 29.2 Å². The van der Waals surface area contributed by atoms with Crippen molar-refractivity contribution in [3.63, 3.8) is 0 Å². The highest BCUT2D eigenvalue weighted by Gasteiger charge is 2.43. The highest BCUT2D eigenvalue weighted by Crippen LogP contribution is 2.39. The molecule has 2 rings (SSSR count). The summed E-state index contributed by atoms with van der Waals surface area (Å²) < 4.78 is 33.1. The van der Waals surface area contributed by atoms with Gasteiger partial charge in [0.15, 0.2) is 0 Å². The molecule has 3 N–H and O–H groups in total. The molecule has 0 aliphatic heterocycles. The van der Waals surface area contributed by atoms with E-state index in [4.69, 9.17) is 10.5 Å². The lowest BCUT2D eigenvalue weighted by Crippen LogP contribution is -2.52. The van der Waals surface area contributed by atoms with Crippen LogP contribution in [0.1, 0.15) is 33.1 Å². The Morgan fingerprint density at radius 2 is 1.91 bits per heavy atom. The van der Waals surface area contributed by atoms with Crippen LogP contribution in [-0.4, -0.2) is 27.1 Å². The van der Waals surface area contributed by atoms with Crippen LogP contribution >= 0.6 is 12.4 Å². The minimum absolute atomic E-state index is 0. The monoisotopic (exact) mass is 348 g/mol. The molecule has 1 aliphatic carbocycles. The topological polar surface area (TPSA) is 81.4 Å². The fraction of sp³-hybridized carbons (Fsp3) is 0.600. The lowest BCUT2D eigenvalue weighted by atomic mass is 9.98. The highest BCUT2D eigenvalue weighted by molar-refractivity contribution is 7.89. The van der Waals surface area contributed by atoms with E-state index in [0.717, 1.165) is 19.3 Å². The third kappa shape index (κ3) is 4.59. The largest absolute Gasteiger partial charge is 0.494 e. The molecule has 0 saturated heterocycles. The van der Waals surface area contributed by atoms with E-state index in [2.05, 4.69) is 4.72 Å². The maximum Gasteiger partial charge on any atom is 0.241 e. The summed E-state index contributed by atoms with van der Waals surface area (Å²) in [4.78, 5) is 0.242. The van der Waals surface area contributed by atoms with E-state index in [1.807, 2.05) is 13.8 Å². The summed E-state index contributed by atoms with van der Waals surface area (Å²) in [5.41, 5.74) is 5.21. The molecule has 7 heteroatoms. The van der Waals surface area contributed by atoms with Gasteiger partial charge >= 0.3 is 0 Å². The number of hydrogen-bond donors (Lipinski definition) is 2. The van der Waals surface area contributed by atoms with Crippen LogP contribution in [0.5, 0.6) is 5.75 Å². The number of rotatable bonds is 8. The van der Waals surface area contributed by atoms with Gasteiger partial charge in [0.25, 0.3) is 0 Å². The van der Waals surface area contributed by atoms with Gasteiger partial charge in [-0.15, -0.1) is 12.4 Å². The van der Waals surface area contributed by atoms with Crippen molar-refractivity contribution in [1.29, 1.82) is 0 Å². The zero-order valence-electron chi connectivity index (χ0n) is 13.0. The van der Waals surface area contributed by atoms with Crippen LogP contribution in [0.4, 0.5) is 0 Å². The first-order valence-corrected chi connectivity index (χ1v) is 8.86. The fourth-order valence-corrected chi connectivity index (χ4v) is 3.79. The van der Waals surface area contributed by atoms with Gasteiger partial charge in [0.1, 0.15) is 5.75 Å². The van der Waals surface area contributed by atoms with Crippen LogP contribution in [0, 0.1) is 5.92 Å². The quantitative estimate of drug-likeness (QED) is 0.755. The number of benzene rings is 1. The number of nitrogens with two attached hydrogens (primary N) is 1. The van der Waals surface area contributed by atoms with Gasteiger partial charge in [0, 0.05) is 12.1 Å². The molecule has 22 heavy (non-hydrogen) atoms. The first-order valence-electron chi connectivity index (χ1n) is 7.38. The molecule has 1 aliphatic rings. The molecule has 1 fully saturated rings. The van der Waals surface area contributed by atoms with E-state index < -0.39 is 15.6 Å². The maximum atomic E-state index is 12.5. The second kappa shape index (κ2) is 7.64. The van der Waals surface area contributed by atoms with Gasteiger partial charge in [-0.1, -0.05) is 6.92 Å². The van der Waals surface area contributed by atoms with Crippen LogP contribution < -0.4 is 15.2 Å². The lowest BCUT2D eigenvalue weighted by Gasteiger charge is -2.29. The first-order chi connectivity index (χ1) is 9.91. The Bertz CT molecular complexity index is 573. The van der Waals surface area contributed by atoms with Crippen molar-refractivity contribution in [3.8, 4) is 5.75 Å². The Labute approximate surface area is 139 Å². The molecule has 1 saturated carbocycles. The second-order valence-corrected chi connectivity index (χ2v) is 7.50. The zero-order chi connectivity index (χ0) is 15.5. The number of hydrogen-bond acceptors (Lipinski definition) is 4. The van der Waals surface area contributed by atoms with Crippen molar-refractivity contribution in [2.45, 2.75) is 43.5 Å². The van der Waals surface area contributed by atoms with Gasteiger partial charge in [-0.2, -0.15) is 0 Å². The van der Waals surface area contributed by atoms with Gasteiger partial charge in [0.05, 0.1) is 11.5 Å². The summed E-state index contributed by atoms with van der Waals surface area (Å²) in [5, 5.41) is 0. The second-order valence-electron chi connectivity index (χ2n) is 5.82. The van der Waals surface area contributed by atoms with E-state index in [1.54, 1.807) is 24.3 Å². The van der Waals surface area contributed by atoms with Crippen molar-refractivity contribution in [3.05, 3.63) is 24.3 Å². The van der Waals surface area contributed by atoms with Crippen molar-refractivity contribution in [1.82, 2.24) is 4.72 Å². The first kappa shape index (κ1) is 19.2. The Balaban J connectivity index is 0.00000242. The Morgan fingerprint density at radius 3 is 2.36 bits per heavy atom. The number of nitrogens with one attached hydrogen (secondary N) is 1. The summed E-state index contributed by atoms with van der Waals surface area (Å²) in [6.45, 7) is 4.82. The SMILES string of the molecule is CCCOc1ccc(S(=O)(=O)NC(C)(CN)C2CC2)cc1.Cl. The van der Waals surface area contributed by atoms with E-state index in [-0.39, 0.29) is 17.3 Å². The molecule has 0 amide bonds. The van der Waals surface area contributed by atoms with Crippen molar-refractivity contribution in [2.24, 2.45) is 11.7 Å². The van der Waals surface area contributed by atoms with Gasteiger partial charge in [0.2, 0.25) is 10.0 Å². The molecule has 0 spiro atoms. The molecular weight excluding hydrogens is 324 g/mol. The van der Waals surface area contributed by atoms with Crippen LogP contribution in [0.25, 0.3) is 0 Å². The van der Waals surface area contributed by atoms with Crippen molar-refractivity contribution < 1.29 is 13.2 Å².